The summed E-state index contributed by atoms with van der Waals surface area (Å²) in [6.45, 7) is 2.64. The Morgan fingerprint density at radius 2 is 2.06 bits per heavy atom. The molecule has 1 aromatic carbocycles. The van der Waals surface area contributed by atoms with E-state index in [0.29, 0.717) is 36.1 Å². The fourth-order valence-electron chi connectivity index (χ4n) is 3.93. The first kappa shape index (κ1) is 23.1. The number of pyridine rings is 1. The molecule has 0 aliphatic carbocycles. The minimum Gasteiger partial charge on any atom is -0.436 e. The first-order valence-electron chi connectivity index (χ1n) is 11.6. The molecular weight excluding hydrogens is 453 g/mol. The lowest BCUT2D eigenvalue weighted by atomic mass is 10.1. The number of aromatic nitrogens is 5. The van der Waals surface area contributed by atoms with Gasteiger partial charge in [0, 0.05) is 43.2 Å². The van der Waals surface area contributed by atoms with Crippen molar-refractivity contribution < 1.29 is 23.5 Å². The van der Waals surface area contributed by atoms with Gasteiger partial charge in [0.25, 0.3) is 5.88 Å². The van der Waals surface area contributed by atoms with E-state index in [0.717, 1.165) is 30.5 Å². The number of hydrogen-bond donors (Lipinski definition) is 1. The third kappa shape index (κ3) is 5.23. The Morgan fingerprint density at radius 1 is 1.20 bits per heavy atom. The number of benzene rings is 1. The van der Waals surface area contributed by atoms with Crippen LogP contribution in [0.2, 0.25) is 0 Å². The summed E-state index contributed by atoms with van der Waals surface area (Å²) in [7, 11) is 0. The predicted octanol–water partition coefficient (Wildman–Crippen LogP) is 4.80. The number of halogens is 1. The predicted molar refractivity (Wildman–Crippen MR) is 124 cm³/mol. The van der Waals surface area contributed by atoms with Crippen LogP contribution >= 0.6 is 0 Å². The summed E-state index contributed by atoms with van der Waals surface area (Å²) < 4.78 is 33.4. The van der Waals surface area contributed by atoms with Crippen molar-refractivity contribution in [2.75, 3.05) is 13.2 Å². The quantitative estimate of drug-likeness (QED) is 0.384. The van der Waals surface area contributed by atoms with E-state index >= 15 is 0 Å². The maximum atomic E-state index is 14.9. The zero-order chi connectivity index (χ0) is 24.2. The summed E-state index contributed by atoms with van der Waals surface area (Å²) in [5.41, 5.74) is 2.07. The van der Waals surface area contributed by atoms with Crippen LogP contribution in [-0.2, 0) is 11.2 Å². The monoisotopic (exact) mass is 479 g/mol. The second kappa shape index (κ2) is 10.3. The van der Waals surface area contributed by atoms with Gasteiger partial charge in [-0.2, -0.15) is 10.1 Å². The molecule has 182 valence electrons. The Bertz CT molecular complexity index is 1270. The molecule has 10 heteroatoms. The Hall–Kier alpha value is -3.63. The molecule has 3 aromatic heterocycles. The van der Waals surface area contributed by atoms with Gasteiger partial charge < -0.3 is 19.1 Å². The van der Waals surface area contributed by atoms with Crippen LogP contribution in [0.1, 0.15) is 38.3 Å². The maximum Gasteiger partial charge on any atom is 0.255 e. The minimum absolute atomic E-state index is 0.0361. The molecule has 4 aromatic rings. The highest BCUT2D eigenvalue weighted by atomic mass is 19.1. The van der Waals surface area contributed by atoms with Crippen LogP contribution in [0.3, 0.4) is 0 Å². The summed E-state index contributed by atoms with van der Waals surface area (Å²) in [6, 6.07) is 10.1. The van der Waals surface area contributed by atoms with E-state index < -0.39 is 5.82 Å². The van der Waals surface area contributed by atoms with Crippen molar-refractivity contribution in [1.82, 2.24) is 24.9 Å². The summed E-state index contributed by atoms with van der Waals surface area (Å²) in [5.74, 6) is 0.653. The number of hydrogen-bond acceptors (Lipinski definition) is 8. The van der Waals surface area contributed by atoms with Gasteiger partial charge in [0.05, 0.1) is 5.69 Å². The zero-order valence-corrected chi connectivity index (χ0v) is 19.3. The molecule has 2 atom stereocenters. The lowest BCUT2D eigenvalue weighted by Crippen LogP contribution is -2.19. The molecule has 1 fully saturated rings. The van der Waals surface area contributed by atoms with Gasteiger partial charge in [-0.3, -0.25) is 0 Å². The zero-order valence-electron chi connectivity index (χ0n) is 19.3. The molecule has 0 saturated carbocycles. The van der Waals surface area contributed by atoms with Crippen LogP contribution in [-0.4, -0.2) is 43.2 Å². The van der Waals surface area contributed by atoms with Crippen LogP contribution in [0.25, 0.3) is 22.6 Å². The Labute approximate surface area is 201 Å². The van der Waals surface area contributed by atoms with Gasteiger partial charge >= 0.3 is 0 Å². The lowest BCUT2D eigenvalue weighted by Gasteiger charge is -2.24. The van der Waals surface area contributed by atoms with E-state index in [1.165, 1.54) is 6.07 Å². The second-order valence-corrected chi connectivity index (χ2v) is 8.62. The number of aliphatic hydroxyl groups is 1. The van der Waals surface area contributed by atoms with E-state index in [1.54, 1.807) is 41.3 Å². The summed E-state index contributed by atoms with van der Waals surface area (Å²) in [6.07, 6.45) is 6.57. The Morgan fingerprint density at radius 3 is 2.80 bits per heavy atom. The third-order valence-electron chi connectivity index (χ3n) is 5.83. The third-order valence-corrected chi connectivity index (χ3v) is 5.83. The van der Waals surface area contributed by atoms with Crippen LogP contribution < -0.4 is 4.74 Å². The van der Waals surface area contributed by atoms with Gasteiger partial charge in [0.1, 0.15) is 5.75 Å². The van der Waals surface area contributed by atoms with Crippen molar-refractivity contribution in [3.05, 3.63) is 60.5 Å². The molecular formula is C25H26FN5O4. The second-order valence-electron chi connectivity index (χ2n) is 8.62. The summed E-state index contributed by atoms with van der Waals surface area (Å²) >= 11 is 0. The standard InChI is InChI=1S/C25H26FN5O4/c1-16(15-32)12-22-29-24(30-35-22)17-5-7-19(8-6-17)34-25-20(26)13-18(14-27-25)21-9-10-28-31(21)23-4-2-3-11-33-23/h5-10,13-14,16,23,32H,2-4,11-12,15H2,1H3/t16-,23?/m0/s1. The van der Waals surface area contributed by atoms with Gasteiger partial charge in [-0.1, -0.05) is 12.1 Å². The molecule has 1 saturated heterocycles. The average Bonchev–Trinajstić information content (AvgIpc) is 3.56. The molecule has 0 spiro atoms. The maximum absolute atomic E-state index is 14.9. The minimum atomic E-state index is -0.579. The molecule has 5 rings (SSSR count). The van der Waals surface area contributed by atoms with Crippen LogP contribution in [0.5, 0.6) is 11.6 Å². The van der Waals surface area contributed by atoms with Gasteiger partial charge in [-0.05, 0) is 61.6 Å². The first-order chi connectivity index (χ1) is 17.1. The van der Waals surface area contributed by atoms with Gasteiger partial charge in [-0.25, -0.2) is 14.1 Å². The van der Waals surface area contributed by atoms with E-state index in [1.807, 2.05) is 13.0 Å². The normalized spacial score (nSPS) is 16.8. The average molecular weight is 480 g/mol. The summed E-state index contributed by atoms with van der Waals surface area (Å²) in [5, 5.41) is 17.5. The van der Waals surface area contributed by atoms with E-state index in [-0.39, 0.29) is 24.6 Å². The molecule has 1 unspecified atom stereocenters. The fourth-order valence-corrected chi connectivity index (χ4v) is 3.93. The number of aliphatic hydroxyl groups excluding tert-OH is 1. The summed E-state index contributed by atoms with van der Waals surface area (Å²) in [4.78, 5) is 8.55. The van der Waals surface area contributed by atoms with Crippen LogP contribution in [0, 0.1) is 11.7 Å². The largest absolute Gasteiger partial charge is 0.436 e. The van der Waals surface area contributed by atoms with Crippen molar-refractivity contribution in [3.8, 4) is 34.3 Å². The SMILES string of the molecule is C[C@H](CO)Cc1nc(-c2ccc(Oc3ncc(-c4ccnn4C4CCCCO4)cc3F)cc2)no1. The molecule has 4 heterocycles. The molecule has 0 radical (unpaired) electrons. The van der Waals surface area contributed by atoms with Crippen LogP contribution in [0.15, 0.2) is 53.3 Å². The van der Waals surface area contributed by atoms with Crippen molar-refractivity contribution in [2.24, 2.45) is 5.92 Å². The first-order valence-corrected chi connectivity index (χ1v) is 11.6. The number of rotatable bonds is 8. The van der Waals surface area contributed by atoms with E-state index in [2.05, 4.69) is 20.2 Å². The Balaban J connectivity index is 1.28. The molecule has 1 N–H and O–H groups in total. The molecule has 0 amide bonds. The molecule has 9 nitrogen and oxygen atoms in total. The molecule has 1 aliphatic heterocycles. The highest BCUT2D eigenvalue weighted by Gasteiger charge is 2.21. The lowest BCUT2D eigenvalue weighted by molar-refractivity contribution is -0.0383. The van der Waals surface area contributed by atoms with Crippen molar-refractivity contribution in [2.45, 2.75) is 38.8 Å². The van der Waals surface area contributed by atoms with Gasteiger partial charge in [0.2, 0.25) is 11.7 Å². The molecule has 0 bridgehead atoms. The van der Waals surface area contributed by atoms with Crippen molar-refractivity contribution in [3.63, 3.8) is 0 Å². The molecule has 35 heavy (non-hydrogen) atoms. The number of nitrogens with zero attached hydrogens (tertiary/aromatic N) is 5. The van der Waals surface area contributed by atoms with Crippen molar-refractivity contribution in [1.29, 1.82) is 0 Å². The number of ether oxygens (including phenoxy) is 2. The highest BCUT2D eigenvalue weighted by Crippen LogP contribution is 2.31. The van der Waals surface area contributed by atoms with E-state index in [9.17, 15) is 9.50 Å². The Kier molecular flexibility index (Phi) is 6.82. The smallest absolute Gasteiger partial charge is 0.255 e. The molecule has 1 aliphatic rings. The van der Waals surface area contributed by atoms with Gasteiger partial charge in [0.15, 0.2) is 12.0 Å². The van der Waals surface area contributed by atoms with Crippen molar-refractivity contribution >= 4 is 0 Å². The van der Waals surface area contributed by atoms with Crippen LogP contribution in [0.4, 0.5) is 4.39 Å². The fraction of sp³-hybridized carbons (Fsp3) is 0.360. The highest BCUT2D eigenvalue weighted by molar-refractivity contribution is 5.59. The van der Waals surface area contributed by atoms with E-state index in [4.69, 9.17) is 14.0 Å². The van der Waals surface area contributed by atoms with Gasteiger partial charge in [-0.15, -0.1) is 0 Å². The topological polar surface area (TPSA) is 108 Å².